The summed E-state index contributed by atoms with van der Waals surface area (Å²) in [6.45, 7) is 1.00. The maximum Gasteiger partial charge on any atom is 0.220 e. The minimum absolute atomic E-state index is 0. The van der Waals surface area contributed by atoms with Gasteiger partial charge in [0.1, 0.15) is 5.75 Å². The number of hydrogen-bond acceptors (Lipinski definition) is 3. The molecule has 130 valence electrons. The zero-order valence-electron chi connectivity index (χ0n) is 13.6. The van der Waals surface area contributed by atoms with Crippen molar-refractivity contribution in [3.8, 4) is 5.75 Å². The first-order valence-corrected chi connectivity index (χ1v) is 8.25. The molecule has 1 aromatic rings. The molecule has 0 atom stereocenters. The summed E-state index contributed by atoms with van der Waals surface area (Å²) in [5.41, 5.74) is 6.81. The summed E-state index contributed by atoms with van der Waals surface area (Å²) < 4.78 is 5.29. The van der Waals surface area contributed by atoms with Gasteiger partial charge in [0.15, 0.2) is 0 Å². The number of methoxy groups -OCH3 is 1. The number of rotatable bonds is 6. The third kappa shape index (κ3) is 5.55. The molecule has 0 aromatic heterocycles. The normalized spacial score (nSPS) is 16.3. The van der Waals surface area contributed by atoms with Gasteiger partial charge in [-0.05, 0) is 43.0 Å². The van der Waals surface area contributed by atoms with Gasteiger partial charge in [-0.3, -0.25) is 4.79 Å². The molecule has 4 nitrogen and oxygen atoms in total. The lowest BCUT2D eigenvalue weighted by Gasteiger charge is -2.35. The average molecular weight is 361 g/mol. The van der Waals surface area contributed by atoms with Gasteiger partial charge in [-0.25, -0.2) is 0 Å². The van der Waals surface area contributed by atoms with Crippen LogP contribution in [0.5, 0.6) is 5.75 Å². The third-order valence-corrected chi connectivity index (χ3v) is 4.84. The van der Waals surface area contributed by atoms with E-state index in [1.165, 1.54) is 19.3 Å². The highest BCUT2D eigenvalue weighted by molar-refractivity contribution is 6.30. The summed E-state index contributed by atoms with van der Waals surface area (Å²) >= 11 is 6.00. The molecule has 1 fully saturated rings. The zero-order chi connectivity index (χ0) is 16.0. The van der Waals surface area contributed by atoms with Crippen LogP contribution in [0.1, 0.15) is 44.1 Å². The highest BCUT2D eigenvalue weighted by Crippen LogP contribution is 2.38. The van der Waals surface area contributed by atoms with Crippen LogP contribution in [0, 0.1) is 5.41 Å². The Morgan fingerprint density at radius 2 is 2.04 bits per heavy atom. The fourth-order valence-corrected chi connectivity index (χ4v) is 3.43. The van der Waals surface area contributed by atoms with Gasteiger partial charge in [-0.1, -0.05) is 30.9 Å². The van der Waals surface area contributed by atoms with Crippen LogP contribution in [0.2, 0.25) is 5.02 Å². The lowest BCUT2D eigenvalue weighted by Crippen LogP contribution is -2.38. The van der Waals surface area contributed by atoms with Crippen molar-refractivity contribution in [3.05, 3.63) is 28.8 Å². The van der Waals surface area contributed by atoms with E-state index in [-0.39, 0.29) is 23.7 Å². The number of nitrogens with two attached hydrogens (primary N) is 1. The summed E-state index contributed by atoms with van der Waals surface area (Å²) in [7, 11) is 1.61. The standard InChI is InChI=1S/C17H25ClN2O2.ClH/c1-22-15-6-5-14(18)9-13(15)11-20-16(21)10-17(12-19)7-3-2-4-8-17;/h5-6,9H,2-4,7-8,10-12,19H2,1H3,(H,20,21);1H. The molecule has 0 heterocycles. The number of carbonyl (C=O) groups is 1. The Labute approximate surface area is 149 Å². The number of benzene rings is 1. The molecule has 6 heteroatoms. The van der Waals surface area contributed by atoms with Gasteiger partial charge in [0.05, 0.1) is 7.11 Å². The Kier molecular flexibility index (Phi) is 8.17. The van der Waals surface area contributed by atoms with Crippen LogP contribution in [-0.4, -0.2) is 19.6 Å². The molecule has 23 heavy (non-hydrogen) atoms. The largest absolute Gasteiger partial charge is 0.496 e. The maximum atomic E-state index is 12.3. The number of nitrogens with one attached hydrogen (secondary N) is 1. The van der Waals surface area contributed by atoms with Crippen molar-refractivity contribution in [2.75, 3.05) is 13.7 Å². The minimum Gasteiger partial charge on any atom is -0.496 e. The van der Waals surface area contributed by atoms with Crippen molar-refractivity contribution in [2.24, 2.45) is 11.1 Å². The Morgan fingerprint density at radius 1 is 1.35 bits per heavy atom. The van der Waals surface area contributed by atoms with Crippen LogP contribution < -0.4 is 15.8 Å². The van der Waals surface area contributed by atoms with Crippen molar-refractivity contribution < 1.29 is 9.53 Å². The fourth-order valence-electron chi connectivity index (χ4n) is 3.24. The number of hydrogen-bond donors (Lipinski definition) is 2. The van der Waals surface area contributed by atoms with Gasteiger partial charge in [0.25, 0.3) is 0 Å². The van der Waals surface area contributed by atoms with Gasteiger partial charge in [-0.2, -0.15) is 0 Å². The van der Waals surface area contributed by atoms with Gasteiger partial charge in [-0.15, -0.1) is 12.4 Å². The average Bonchev–Trinajstić information content (AvgIpc) is 2.54. The molecule has 0 spiro atoms. The SMILES string of the molecule is COc1ccc(Cl)cc1CNC(=O)CC1(CN)CCCCC1.Cl. The Bertz CT molecular complexity index is 517. The van der Waals surface area contributed by atoms with E-state index in [2.05, 4.69) is 5.32 Å². The lowest BCUT2D eigenvalue weighted by atomic mass is 9.71. The van der Waals surface area contributed by atoms with E-state index in [1.807, 2.05) is 12.1 Å². The quantitative estimate of drug-likeness (QED) is 0.812. The third-order valence-electron chi connectivity index (χ3n) is 4.60. The van der Waals surface area contributed by atoms with Crippen molar-refractivity contribution in [1.29, 1.82) is 0 Å². The molecule has 0 aliphatic heterocycles. The smallest absolute Gasteiger partial charge is 0.220 e. The second kappa shape index (κ2) is 9.36. The number of carbonyl (C=O) groups excluding carboxylic acids is 1. The van der Waals surface area contributed by atoms with Gasteiger partial charge in [0, 0.05) is 23.6 Å². The predicted molar refractivity (Wildman–Crippen MR) is 96.3 cm³/mol. The molecule has 0 radical (unpaired) electrons. The highest BCUT2D eigenvalue weighted by atomic mass is 35.5. The van der Waals surface area contributed by atoms with Crippen molar-refractivity contribution in [1.82, 2.24) is 5.32 Å². The second-order valence-electron chi connectivity index (χ2n) is 6.17. The topological polar surface area (TPSA) is 64.3 Å². The molecule has 0 bridgehead atoms. The molecule has 1 saturated carbocycles. The van der Waals surface area contributed by atoms with E-state index in [1.54, 1.807) is 13.2 Å². The highest BCUT2D eigenvalue weighted by Gasteiger charge is 2.32. The van der Waals surface area contributed by atoms with E-state index < -0.39 is 0 Å². The molecule has 1 aromatic carbocycles. The fraction of sp³-hybridized carbons (Fsp3) is 0.588. The molecule has 1 amide bonds. The molecule has 3 N–H and O–H groups in total. The van der Waals surface area contributed by atoms with Crippen LogP contribution in [0.25, 0.3) is 0 Å². The second-order valence-corrected chi connectivity index (χ2v) is 6.61. The van der Waals surface area contributed by atoms with Crippen molar-refractivity contribution >= 4 is 29.9 Å². The molecule has 2 rings (SSSR count). The van der Waals surface area contributed by atoms with Crippen LogP contribution in [0.15, 0.2) is 18.2 Å². The summed E-state index contributed by atoms with van der Waals surface area (Å²) in [6, 6.07) is 5.41. The van der Waals surface area contributed by atoms with E-state index in [0.29, 0.717) is 24.5 Å². The van der Waals surface area contributed by atoms with Crippen LogP contribution in [0.3, 0.4) is 0 Å². The summed E-state index contributed by atoms with van der Waals surface area (Å²) in [5.74, 6) is 0.783. The van der Waals surface area contributed by atoms with Crippen molar-refractivity contribution in [2.45, 2.75) is 45.1 Å². The number of amides is 1. The monoisotopic (exact) mass is 360 g/mol. The predicted octanol–water partition coefficient (Wildman–Crippen LogP) is 3.69. The number of ether oxygens (including phenoxy) is 1. The summed E-state index contributed by atoms with van der Waals surface area (Å²) in [4.78, 5) is 12.3. The van der Waals surface area contributed by atoms with Crippen LogP contribution in [-0.2, 0) is 11.3 Å². The molecule has 0 unspecified atom stereocenters. The summed E-state index contributed by atoms with van der Waals surface area (Å²) in [6.07, 6.45) is 6.21. The maximum absolute atomic E-state index is 12.3. The zero-order valence-corrected chi connectivity index (χ0v) is 15.1. The number of halogens is 2. The minimum atomic E-state index is -0.0131. The van der Waals surface area contributed by atoms with Crippen LogP contribution in [0.4, 0.5) is 0 Å². The first kappa shape index (κ1) is 20.1. The van der Waals surface area contributed by atoms with Crippen molar-refractivity contribution in [3.63, 3.8) is 0 Å². The van der Waals surface area contributed by atoms with E-state index in [4.69, 9.17) is 22.1 Å². The molecular weight excluding hydrogens is 335 g/mol. The first-order chi connectivity index (χ1) is 10.6. The van der Waals surface area contributed by atoms with Crippen LogP contribution >= 0.6 is 24.0 Å². The first-order valence-electron chi connectivity index (χ1n) is 7.88. The Morgan fingerprint density at radius 3 is 2.65 bits per heavy atom. The molecule has 1 aliphatic rings. The summed E-state index contributed by atoms with van der Waals surface area (Å²) in [5, 5.41) is 3.61. The Hall–Kier alpha value is -0.970. The molecular formula is C17H26Cl2N2O2. The van der Waals surface area contributed by atoms with Gasteiger partial charge in [0.2, 0.25) is 5.91 Å². The molecule has 1 aliphatic carbocycles. The van der Waals surface area contributed by atoms with E-state index >= 15 is 0 Å². The lowest BCUT2D eigenvalue weighted by molar-refractivity contribution is -0.124. The van der Waals surface area contributed by atoms with Gasteiger partial charge >= 0.3 is 0 Å². The Balaban J connectivity index is 0.00000264. The van der Waals surface area contributed by atoms with E-state index in [0.717, 1.165) is 24.2 Å². The van der Waals surface area contributed by atoms with Gasteiger partial charge < -0.3 is 15.8 Å². The van der Waals surface area contributed by atoms with E-state index in [9.17, 15) is 4.79 Å². The molecule has 0 saturated heterocycles.